The molecule has 1 heterocycles. The highest BCUT2D eigenvalue weighted by Gasteiger charge is 2.40. The second-order valence-electron chi connectivity index (χ2n) is 6.84. The largest absolute Gasteiger partial charge is 0.399 e. The van der Waals surface area contributed by atoms with E-state index in [1.165, 1.54) is 24.8 Å². The molecule has 0 unspecified atom stereocenters. The molecule has 4 rings (SSSR count). The number of para-hydroxylation sites is 2. The first-order valence-corrected chi connectivity index (χ1v) is 8.80. The van der Waals surface area contributed by atoms with Gasteiger partial charge < -0.3 is 16.4 Å². The second kappa shape index (κ2) is 6.19. The molecule has 0 amide bonds. The lowest BCUT2D eigenvalue weighted by atomic mass is 9.79. The van der Waals surface area contributed by atoms with Gasteiger partial charge in [0.25, 0.3) is 0 Å². The fraction of sp³-hybridized carbons (Fsp3) is 0.350. The van der Waals surface area contributed by atoms with Gasteiger partial charge in [-0.1, -0.05) is 43.5 Å². The molecule has 1 aliphatic heterocycles. The zero-order chi connectivity index (χ0) is 16.4. The van der Waals surface area contributed by atoms with Crippen molar-refractivity contribution in [3.63, 3.8) is 0 Å². The molecular weight excluding hydrogens is 296 g/mol. The van der Waals surface area contributed by atoms with E-state index < -0.39 is 0 Å². The number of nitrogens with two attached hydrogens (primary N) is 1. The molecule has 0 atom stereocenters. The Morgan fingerprint density at radius 3 is 2.54 bits per heavy atom. The summed E-state index contributed by atoms with van der Waals surface area (Å²) < 4.78 is 0. The molecule has 4 nitrogen and oxygen atoms in total. The summed E-state index contributed by atoms with van der Waals surface area (Å²) in [4.78, 5) is 4.97. The SMILES string of the molecule is Nc1ccc(CNC2=Nc3ccccc3NC23CCCCC3)cc1. The van der Waals surface area contributed by atoms with Crippen molar-refractivity contribution in [3.05, 3.63) is 54.1 Å². The molecule has 4 heteroatoms. The molecule has 24 heavy (non-hydrogen) atoms. The van der Waals surface area contributed by atoms with Crippen LogP contribution in [0.15, 0.2) is 53.5 Å². The standard InChI is InChI=1S/C20H24N4/c21-16-10-8-15(9-11-16)14-22-19-20(12-4-1-5-13-20)24-18-7-3-2-6-17(18)23-19/h2-3,6-11,24H,1,4-5,12-14,21H2,(H,22,23). The molecule has 124 valence electrons. The molecule has 0 radical (unpaired) electrons. The van der Waals surface area contributed by atoms with Gasteiger partial charge in [-0.2, -0.15) is 0 Å². The van der Waals surface area contributed by atoms with E-state index in [9.17, 15) is 0 Å². The summed E-state index contributed by atoms with van der Waals surface area (Å²) >= 11 is 0. The van der Waals surface area contributed by atoms with Crippen LogP contribution in [0.2, 0.25) is 0 Å². The number of fused-ring (bicyclic) bond motifs is 1. The van der Waals surface area contributed by atoms with Crippen LogP contribution in [0.1, 0.15) is 37.7 Å². The molecule has 4 N–H and O–H groups in total. The Bertz CT molecular complexity index is 742. The number of amidine groups is 1. The van der Waals surface area contributed by atoms with E-state index in [1.807, 2.05) is 18.2 Å². The van der Waals surface area contributed by atoms with Crippen LogP contribution in [-0.2, 0) is 6.54 Å². The summed E-state index contributed by atoms with van der Waals surface area (Å²) in [6.45, 7) is 0.769. The number of nitrogens with zero attached hydrogens (tertiary/aromatic N) is 1. The zero-order valence-corrected chi connectivity index (χ0v) is 13.9. The zero-order valence-electron chi connectivity index (χ0n) is 13.9. The van der Waals surface area contributed by atoms with Gasteiger partial charge in [0.15, 0.2) is 0 Å². The van der Waals surface area contributed by atoms with Gasteiger partial charge in [-0.05, 0) is 42.7 Å². The van der Waals surface area contributed by atoms with Crippen molar-refractivity contribution in [3.8, 4) is 0 Å². The molecule has 0 aromatic heterocycles. The number of anilines is 2. The first kappa shape index (κ1) is 15.1. The average molecular weight is 320 g/mol. The Balaban J connectivity index is 1.61. The number of aliphatic imine (C=N–C) groups is 1. The van der Waals surface area contributed by atoms with E-state index in [2.05, 4.69) is 41.0 Å². The highest BCUT2D eigenvalue weighted by Crippen LogP contribution is 2.40. The first-order chi connectivity index (χ1) is 11.8. The third kappa shape index (κ3) is 2.84. The van der Waals surface area contributed by atoms with Gasteiger partial charge in [-0.25, -0.2) is 4.99 Å². The number of benzene rings is 2. The smallest absolute Gasteiger partial charge is 0.128 e. The minimum atomic E-state index is -0.0413. The van der Waals surface area contributed by atoms with Crippen molar-refractivity contribution in [1.29, 1.82) is 0 Å². The Labute approximate surface area is 143 Å². The van der Waals surface area contributed by atoms with Crippen molar-refractivity contribution < 1.29 is 0 Å². The molecule has 0 bridgehead atoms. The predicted molar refractivity (Wildman–Crippen MR) is 101 cm³/mol. The highest BCUT2D eigenvalue weighted by atomic mass is 15.2. The number of rotatable bonds is 2. The van der Waals surface area contributed by atoms with Crippen LogP contribution < -0.4 is 16.4 Å². The molecule has 1 saturated carbocycles. The van der Waals surface area contributed by atoms with E-state index >= 15 is 0 Å². The lowest BCUT2D eigenvalue weighted by Gasteiger charge is -2.42. The second-order valence-corrected chi connectivity index (χ2v) is 6.84. The summed E-state index contributed by atoms with van der Waals surface area (Å²) in [5.41, 5.74) is 9.93. The lowest BCUT2D eigenvalue weighted by molar-refractivity contribution is 0.396. The molecular formula is C20H24N4. The van der Waals surface area contributed by atoms with E-state index in [0.717, 1.165) is 42.3 Å². The summed E-state index contributed by atoms with van der Waals surface area (Å²) in [5, 5.41) is 7.40. The Morgan fingerprint density at radius 1 is 1.00 bits per heavy atom. The van der Waals surface area contributed by atoms with Crippen LogP contribution >= 0.6 is 0 Å². The van der Waals surface area contributed by atoms with Crippen LogP contribution in [0.25, 0.3) is 0 Å². The number of hydrogen-bond acceptors (Lipinski definition) is 4. The highest BCUT2D eigenvalue weighted by molar-refractivity contribution is 6.00. The molecule has 1 spiro atoms. The molecule has 1 fully saturated rings. The van der Waals surface area contributed by atoms with Crippen molar-refractivity contribution in [2.24, 2.45) is 4.99 Å². The molecule has 2 aromatic carbocycles. The lowest BCUT2D eigenvalue weighted by Crippen LogP contribution is -2.54. The van der Waals surface area contributed by atoms with Crippen molar-refractivity contribution in [1.82, 2.24) is 5.32 Å². The Morgan fingerprint density at radius 2 is 1.75 bits per heavy atom. The third-order valence-corrected chi connectivity index (χ3v) is 5.11. The van der Waals surface area contributed by atoms with Crippen molar-refractivity contribution >= 4 is 22.9 Å². The molecule has 0 saturated heterocycles. The predicted octanol–water partition coefficient (Wildman–Crippen LogP) is 4.22. The average Bonchev–Trinajstić information content (AvgIpc) is 2.62. The van der Waals surface area contributed by atoms with Gasteiger partial charge >= 0.3 is 0 Å². The minimum Gasteiger partial charge on any atom is -0.399 e. The Kier molecular flexibility index (Phi) is 3.89. The van der Waals surface area contributed by atoms with E-state index in [1.54, 1.807) is 0 Å². The van der Waals surface area contributed by atoms with Gasteiger partial charge in [-0.3, -0.25) is 0 Å². The van der Waals surface area contributed by atoms with Crippen molar-refractivity contribution in [2.75, 3.05) is 11.1 Å². The summed E-state index contributed by atoms with van der Waals surface area (Å²) in [7, 11) is 0. The van der Waals surface area contributed by atoms with Crippen LogP contribution in [0.4, 0.5) is 17.1 Å². The Hall–Kier alpha value is -2.49. The maximum absolute atomic E-state index is 5.78. The number of nitrogen functional groups attached to an aromatic ring is 1. The van der Waals surface area contributed by atoms with E-state index in [0.29, 0.717) is 0 Å². The topological polar surface area (TPSA) is 62.4 Å². The van der Waals surface area contributed by atoms with Crippen LogP contribution in [0.5, 0.6) is 0 Å². The normalized spacial score (nSPS) is 18.4. The maximum atomic E-state index is 5.78. The van der Waals surface area contributed by atoms with Crippen molar-refractivity contribution in [2.45, 2.75) is 44.2 Å². The van der Waals surface area contributed by atoms with Gasteiger partial charge in [0.05, 0.1) is 16.9 Å². The fourth-order valence-corrected chi connectivity index (χ4v) is 3.77. The molecule has 1 aliphatic carbocycles. The third-order valence-electron chi connectivity index (χ3n) is 5.11. The minimum absolute atomic E-state index is 0.0413. The van der Waals surface area contributed by atoms with Gasteiger partial charge in [0.1, 0.15) is 5.84 Å². The molecule has 2 aliphatic rings. The summed E-state index contributed by atoms with van der Waals surface area (Å²) in [6, 6.07) is 16.4. The first-order valence-electron chi connectivity index (χ1n) is 8.80. The maximum Gasteiger partial charge on any atom is 0.128 e. The number of hydrogen-bond donors (Lipinski definition) is 3. The van der Waals surface area contributed by atoms with Gasteiger partial charge in [0.2, 0.25) is 0 Å². The van der Waals surface area contributed by atoms with Gasteiger partial charge in [0, 0.05) is 12.2 Å². The molecule has 2 aromatic rings. The van der Waals surface area contributed by atoms with Crippen LogP contribution in [0, 0.1) is 0 Å². The fourth-order valence-electron chi connectivity index (χ4n) is 3.77. The summed E-state index contributed by atoms with van der Waals surface area (Å²) in [6.07, 6.45) is 6.08. The quantitative estimate of drug-likeness (QED) is 0.726. The van der Waals surface area contributed by atoms with E-state index in [-0.39, 0.29) is 5.54 Å². The number of nitrogens with one attached hydrogen (secondary N) is 2. The monoisotopic (exact) mass is 320 g/mol. The van der Waals surface area contributed by atoms with Crippen LogP contribution in [-0.4, -0.2) is 11.4 Å². The van der Waals surface area contributed by atoms with E-state index in [4.69, 9.17) is 10.7 Å². The van der Waals surface area contributed by atoms with Crippen LogP contribution in [0.3, 0.4) is 0 Å². The summed E-state index contributed by atoms with van der Waals surface area (Å²) in [5.74, 6) is 1.08. The van der Waals surface area contributed by atoms with Gasteiger partial charge in [-0.15, -0.1) is 0 Å².